The number of hydrogen-bond acceptors (Lipinski definition) is 4. The molecule has 8 heteroatoms. The standard InChI is InChI=1S/C11H21N3O4S/c1-13(2)11(15)12-8-7-14(19(3,16)17)9-5-4-6-18-10(8)9/h8-10H,4-7H2,1-3H3,(H,12,15)/t8-,9?,10?/m0/s1. The van der Waals surface area contributed by atoms with Crippen LogP contribution in [0.1, 0.15) is 12.8 Å². The monoisotopic (exact) mass is 291 g/mol. The van der Waals surface area contributed by atoms with Gasteiger partial charge in [0, 0.05) is 27.2 Å². The fraction of sp³-hybridized carbons (Fsp3) is 0.909. The van der Waals surface area contributed by atoms with Crippen LogP contribution in [0.25, 0.3) is 0 Å². The second-order valence-corrected chi connectivity index (χ2v) is 7.26. The Morgan fingerprint density at radius 2 is 2.11 bits per heavy atom. The Hall–Kier alpha value is -0.860. The number of fused-ring (bicyclic) bond motifs is 1. The maximum atomic E-state index is 11.8. The molecule has 2 aliphatic heterocycles. The van der Waals surface area contributed by atoms with Crippen molar-refractivity contribution >= 4 is 16.1 Å². The number of amides is 2. The zero-order chi connectivity index (χ0) is 14.2. The third-order valence-corrected chi connectivity index (χ3v) is 4.89. The molecule has 2 amide bonds. The van der Waals surface area contributed by atoms with E-state index in [2.05, 4.69) is 5.32 Å². The van der Waals surface area contributed by atoms with Crippen molar-refractivity contribution in [3.63, 3.8) is 0 Å². The molecule has 0 saturated carbocycles. The fourth-order valence-electron chi connectivity index (χ4n) is 2.71. The number of nitrogens with one attached hydrogen (secondary N) is 1. The van der Waals surface area contributed by atoms with Crippen molar-refractivity contribution in [2.45, 2.75) is 31.0 Å². The number of carbonyl (C=O) groups is 1. The molecule has 2 rings (SSSR count). The predicted molar refractivity (Wildman–Crippen MR) is 70.3 cm³/mol. The van der Waals surface area contributed by atoms with Gasteiger partial charge in [0.05, 0.1) is 24.4 Å². The van der Waals surface area contributed by atoms with E-state index in [-0.39, 0.29) is 30.8 Å². The van der Waals surface area contributed by atoms with Gasteiger partial charge in [0.25, 0.3) is 0 Å². The number of rotatable bonds is 2. The summed E-state index contributed by atoms with van der Waals surface area (Å²) >= 11 is 0. The van der Waals surface area contributed by atoms with Crippen LogP contribution in [-0.2, 0) is 14.8 Å². The van der Waals surface area contributed by atoms with Crippen molar-refractivity contribution in [3.8, 4) is 0 Å². The average molecular weight is 291 g/mol. The van der Waals surface area contributed by atoms with Gasteiger partial charge in [0.2, 0.25) is 10.0 Å². The fourth-order valence-corrected chi connectivity index (χ4v) is 3.86. The molecule has 0 radical (unpaired) electrons. The van der Waals surface area contributed by atoms with Gasteiger partial charge in [-0.2, -0.15) is 4.31 Å². The molecule has 0 aromatic carbocycles. The maximum absolute atomic E-state index is 11.8. The highest BCUT2D eigenvalue weighted by Gasteiger charge is 2.48. The summed E-state index contributed by atoms with van der Waals surface area (Å²) < 4.78 is 30.7. The summed E-state index contributed by atoms with van der Waals surface area (Å²) in [6.45, 7) is 0.904. The van der Waals surface area contributed by atoms with Crippen LogP contribution in [0.2, 0.25) is 0 Å². The summed E-state index contributed by atoms with van der Waals surface area (Å²) in [4.78, 5) is 13.2. The number of sulfonamides is 1. The third kappa shape index (κ3) is 3.01. The topological polar surface area (TPSA) is 79.0 Å². The zero-order valence-corrected chi connectivity index (χ0v) is 12.3. The van der Waals surface area contributed by atoms with Gasteiger partial charge in [-0.25, -0.2) is 13.2 Å². The van der Waals surface area contributed by atoms with Gasteiger partial charge in [-0.15, -0.1) is 0 Å². The summed E-state index contributed by atoms with van der Waals surface area (Å²) in [6.07, 6.45) is 2.59. The predicted octanol–water partition coefficient (Wildman–Crippen LogP) is -0.551. The Kier molecular flexibility index (Phi) is 4.03. The summed E-state index contributed by atoms with van der Waals surface area (Å²) in [5.41, 5.74) is 0. The molecule has 0 aromatic rings. The lowest BCUT2D eigenvalue weighted by molar-refractivity contribution is -0.00973. The molecule has 1 N–H and O–H groups in total. The van der Waals surface area contributed by atoms with Gasteiger partial charge in [-0.05, 0) is 12.8 Å². The van der Waals surface area contributed by atoms with E-state index >= 15 is 0 Å². The summed E-state index contributed by atoms with van der Waals surface area (Å²) in [6, 6.07) is -0.667. The van der Waals surface area contributed by atoms with E-state index in [0.29, 0.717) is 6.61 Å². The van der Waals surface area contributed by atoms with Crippen molar-refractivity contribution in [3.05, 3.63) is 0 Å². The lowest BCUT2D eigenvalue weighted by Crippen LogP contribution is -2.50. The first-order valence-electron chi connectivity index (χ1n) is 6.37. The molecule has 110 valence electrons. The zero-order valence-electron chi connectivity index (χ0n) is 11.5. The molecule has 19 heavy (non-hydrogen) atoms. The number of hydrogen-bond donors (Lipinski definition) is 1. The third-order valence-electron chi connectivity index (χ3n) is 3.62. The minimum absolute atomic E-state index is 0.156. The first-order chi connectivity index (χ1) is 8.80. The quantitative estimate of drug-likeness (QED) is 0.740. The Bertz CT molecular complexity index is 451. The van der Waals surface area contributed by atoms with Crippen LogP contribution >= 0.6 is 0 Å². The lowest BCUT2D eigenvalue weighted by Gasteiger charge is -2.31. The van der Waals surface area contributed by atoms with E-state index < -0.39 is 10.0 Å². The maximum Gasteiger partial charge on any atom is 0.317 e. The molecular formula is C11H21N3O4S. The van der Waals surface area contributed by atoms with E-state index in [1.807, 2.05) is 0 Å². The first kappa shape index (κ1) is 14.5. The number of ether oxygens (including phenoxy) is 1. The van der Waals surface area contributed by atoms with Gasteiger partial charge in [-0.1, -0.05) is 0 Å². The second kappa shape index (κ2) is 5.26. The Morgan fingerprint density at radius 3 is 2.68 bits per heavy atom. The van der Waals surface area contributed by atoms with Crippen LogP contribution in [-0.4, -0.2) is 75.3 Å². The second-order valence-electron chi connectivity index (χ2n) is 5.33. The molecule has 2 unspecified atom stereocenters. The van der Waals surface area contributed by atoms with Crippen LogP contribution in [0.4, 0.5) is 4.79 Å². The molecule has 0 aromatic heterocycles. The van der Waals surface area contributed by atoms with Gasteiger partial charge in [0.1, 0.15) is 0 Å². The van der Waals surface area contributed by atoms with Crippen molar-refractivity contribution in [2.75, 3.05) is 33.5 Å². The van der Waals surface area contributed by atoms with E-state index in [9.17, 15) is 13.2 Å². The van der Waals surface area contributed by atoms with Crippen LogP contribution < -0.4 is 5.32 Å². The number of carbonyl (C=O) groups excluding carboxylic acids is 1. The Labute approximate surface area is 113 Å². The molecule has 2 saturated heterocycles. The molecule has 2 aliphatic rings. The van der Waals surface area contributed by atoms with Crippen LogP contribution in [0, 0.1) is 0 Å². The van der Waals surface area contributed by atoms with Crippen molar-refractivity contribution in [2.24, 2.45) is 0 Å². The van der Waals surface area contributed by atoms with E-state index in [0.717, 1.165) is 12.8 Å². The molecule has 2 fully saturated rings. The van der Waals surface area contributed by atoms with E-state index in [1.165, 1.54) is 15.5 Å². The molecule has 7 nitrogen and oxygen atoms in total. The molecule has 3 atom stereocenters. The highest BCUT2D eigenvalue weighted by molar-refractivity contribution is 7.88. The van der Waals surface area contributed by atoms with Crippen LogP contribution in [0.3, 0.4) is 0 Å². The first-order valence-corrected chi connectivity index (χ1v) is 8.22. The number of urea groups is 1. The average Bonchev–Trinajstić information content (AvgIpc) is 2.68. The molecule has 0 aliphatic carbocycles. The van der Waals surface area contributed by atoms with Gasteiger partial charge in [-0.3, -0.25) is 0 Å². The Balaban J connectivity index is 2.15. The smallest absolute Gasteiger partial charge is 0.317 e. The van der Waals surface area contributed by atoms with Crippen molar-refractivity contribution < 1.29 is 17.9 Å². The molecular weight excluding hydrogens is 270 g/mol. The van der Waals surface area contributed by atoms with E-state index in [4.69, 9.17) is 4.74 Å². The summed E-state index contributed by atoms with van der Waals surface area (Å²) in [5, 5.41) is 2.84. The largest absolute Gasteiger partial charge is 0.374 e. The van der Waals surface area contributed by atoms with Gasteiger partial charge in [0.15, 0.2) is 0 Å². The highest BCUT2D eigenvalue weighted by atomic mass is 32.2. The van der Waals surface area contributed by atoms with Crippen LogP contribution in [0.15, 0.2) is 0 Å². The van der Waals surface area contributed by atoms with Crippen molar-refractivity contribution in [1.29, 1.82) is 0 Å². The minimum atomic E-state index is -3.27. The highest BCUT2D eigenvalue weighted by Crippen LogP contribution is 2.30. The lowest BCUT2D eigenvalue weighted by atomic mass is 10.0. The van der Waals surface area contributed by atoms with Crippen LogP contribution in [0.5, 0.6) is 0 Å². The Morgan fingerprint density at radius 1 is 1.42 bits per heavy atom. The summed E-state index contributed by atoms with van der Waals surface area (Å²) in [5.74, 6) is 0. The number of nitrogens with zero attached hydrogens (tertiary/aromatic N) is 2. The molecule has 2 heterocycles. The normalized spacial score (nSPS) is 31.8. The van der Waals surface area contributed by atoms with Gasteiger partial charge >= 0.3 is 6.03 Å². The van der Waals surface area contributed by atoms with Gasteiger partial charge < -0.3 is 15.0 Å². The molecule has 0 spiro atoms. The SMILES string of the molecule is CN(C)C(=O)N[C@H]1CN(S(C)(=O)=O)C2CCCOC21. The minimum Gasteiger partial charge on any atom is -0.374 e. The molecule has 0 bridgehead atoms. The summed E-state index contributed by atoms with van der Waals surface area (Å²) in [7, 11) is 0.0278. The van der Waals surface area contributed by atoms with E-state index in [1.54, 1.807) is 14.1 Å². The van der Waals surface area contributed by atoms with Crippen molar-refractivity contribution in [1.82, 2.24) is 14.5 Å².